The lowest BCUT2D eigenvalue weighted by Crippen LogP contribution is -2.58. The van der Waals surface area contributed by atoms with Crippen LogP contribution in [0.15, 0.2) is 71.8 Å². The molecule has 11 nitrogen and oxygen atoms in total. The molecule has 0 bridgehead atoms. The van der Waals surface area contributed by atoms with E-state index in [-0.39, 0.29) is 41.1 Å². The van der Waals surface area contributed by atoms with Gasteiger partial charge in [-0.2, -0.15) is 4.98 Å². The summed E-state index contributed by atoms with van der Waals surface area (Å²) in [4.78, 5) is 36.2. The number of H-pyrrole nitrogens is 1. The fourth-order valence-corrected chi connectivity index (χ4v) is 13.2. The number of carbonyl (C=O) groups excluding carboxylic acids is 1. The minimum Gasteiger partial charge on any atom is -0.349 e. The molecule has 2 aromatic heterocycles. The predicted molar refractivity (Wildman–Crippen MR) is 186 cm³/mol. The number of rotatable bonds is 10. The molecule has 1 amide bonds. The molecule has 3 fully saturated rings. The Hall–Kier alpha value is -3.32. The molecule has 0 spiro atoms. The standard InChI is InChI=1S/C34H42FN6O5PSi/c1-5-25-29(27(35)33(44-25)40-20-36-28-30(40)37-34(39-32(28)43)38-31(42)21(2)3)46-47-41-18-12-17-24(41)26(45-47)19-48(4,22-13-8-6-9-14-22)23-15-10-7-11-16-23/h6-11,13-16,20-21,24-27,29,33H,5,12,17-19H2,1-4H3,(H2,37,38,39,42,43)/t24-,25+,26+,27-,29?,33+,47+/m0/s1. The van der Waals surface area contributed by atoms with Gasteiger partial charge < -0.3 is 13.8 Å². The number of benzene rings is 2. The number of halogens is 1. The second kappa shape index (κ2) is 13.5. The summed E-state index contributed by atoms with van der Waals surface area (Å²) in [5, 5.41) is 5.32. The maximum atomic E-state index is 16.6. The van der Waals surface area contributed by atoms with Crippen LogP contribution in [0, 0.1) is 5.92 Å². The van der Waals surface area contributed by atoms with Gasteiger partial charge >= 0.3 is 0 Å². The van der Waals surface area contributed by atoms with Crippen molar-refractivity contribution >= 4 is 50.0 Å². The van der Waals surface area contributed by atoms with Gasteiger partial charge in [0, 0.05) is 18.5 Å². The summed E-state index contributed by atoms with van der Waals surface area (Å²) in [6.45, 7) is 8.66. The Morgan fingerprint density at radius 3 is 2.48 bits per heavy atom. The second-order valence-corrected chi connectivity index (χ2v) is 19.0. The maximum absolute atomic E-state index is 16.6. The third-order valence-electron chi connectivity index (χ3n) is 9.92. The number of imidazole rings is 1. The number of carbonyl (C=O) groups is 1. The van der Waals surface area contributed by atoms with Crippen LogP contribution in [-0.4, -0.2) is 75.2 Å². The Bertz CT molecular complexity index is 1770. The number of anilines is 1. The Morgan fingerprint density at radius 1 is 1.15 bits per heavy atom. The Balaban J connectivity index is 1.13. The van der Waals surface area contributed by atoms with Crippen LogP contribution in [0.1, 0.15) is 46.3 Å². The molecule has 3 saturated heterocycles. The number of nitrogens with zero attached hydrogens (tertiary/aromatic N) is 4. The minimum absolute atomic E-state index is 0.0288. The van der Waals surface area contributed by atoms with Gasteiger partial charge in [0.25, 0.3) is 14.1 Å². The van der Waals surface area contributed by atoms with Gasteiger partial charge in [-0.25, -0.2) is 14.0 Å². The maximum Gasteiger partial charge on any atom is 0.280 e. The van der Waals surface area contributed by atoms with Gasteiger partial charge in [-0.15, -0.1) is 0 Å². The van der Waals surface area contributed by atoms with Gasteiger partial charge in [-0.1, -0.05) is 98.4 Å². The van der Waals surface area contributed by atoms with E-state index in [1.54, 1.807) is 13.8 Å². The van der Waals surface area contributed by atoms with Gasteiger partial charge in [0.2, 0.25) is 11.9 Å². The van der Waals surface area contributed by atoms with Crippen LogP contribution in [-0.2, 0) is 18.6 Å². The summed E-state index contributed by atoms with van der Waals surface area (Å²) in [7, 11) is -3.73. The van der Waals surface area contributed by atoms with Gasteiger partial charge in [0.05, 0.1) is 18.5 Å². The molecule has 0 saturated carbocycles. The third kappa shape index (κ3) is 6.05. The summed E-state index contributed by atoms with van der Waals surface area (Å²) in [5.41, 5.74) is -0.392. The van der Waals surface area contributed by atoms with Crippen molar-refractivity contribution in [2.45, 2.75) is 89.4 Å². The average molecular weight is 693 g/mol. The van der Waals surface area contributed by atoms with Crippen molar-refractivity contribution in [2.24, 2.45) is 5.92 Å². The Kier molecular flexibility index (Phi) is 9.35. The van der Waals surface area contributed by atoms with E-state index in [2.05, 4.69) is 92.1 Å². The Labute approximate surface area is 281 Å². The van der Waals surface area contributed by atoms with Gasteiger partial charge in [-0.05, 0) is 25.3 Å². The normalized spacial score (nSPS) is 27.6. The summed E-state index contributed by atoms with van der Waals surface area (Å²) >= 11 is 0. The van der Waals surface area contributed by atoms with Crippen LogP contribution in [0.2, 0.25) is 12.6 Å². The second-order valence-electron chi connectivity index (χ2n) is 13.4. The zero-order valence-corrected chi connectivity index (χ0v) is 29.5. The first-order chi connectivity index (χ1) is 23.2. The Morgan fingerprint density at radius 2 is 1.83 bits per heavy atom. The number of amides is 1. The van der Waals surface area contributed by atoms with E-state index in [0.717, 1.165) is 25.4 Å². The van der Waals surface area contributed by atoms with E-state index in [9.17, 15) is 9.59 Å². The van der Waals surface area contributed by atoms with Crippen LogP contribution >= 0.6 is 8.53 Å². The minimum atomic E-state index is -2.20. The molecule has 3 aliphatic heterocycles. The molecule has 0 aliphatic carbocycles. The van der Waals surface area contributed by atoms with Crippen LogP contribution in [0.5, 0.6) is 0 Å². The first kappa shape index (κ1) is 33.2. The van der Waals surface area contributed by atoms with Crippen molar-refractivity contribution in [3.05, 3.63) is 77.3 Å². The van der Waals surface area contributed by atoms with E-state index in [4.69, 9.17) is 13.8 Å². The zero-order chi connectivity index (χ0) is 33.6. The molecule has 7 rings (SSSR count). The fourth-order valence-electron chi connectivity index (χ4n) is 7.19. The molecule has 0 radical (unpaired) electrons. The number of hydrogen-bond acceptors (Lipinski definition) is 8. The van der Waals surface area contributed by atoms with Crippen molar-refractivity contribution in [3.63, 3.8) is 0 Å². The molecular weight excluding hydrogens is 650 g/mol. The smallest absolute Gasteiger partial charge is 0.280 e. The van der Waals surface area contributed by atoms with Crippen molar-refractivity contribution in [2.75, 3.05) is 11.9 Å². The number of aromatic amines is 1. The molecule has 2 aromatic carbocycles. The van der Waals surface area contributed by atoms with Gasteiger partial charge in [0.15, 0.2) is 23.6 Å². The van der Waals surface area contributed by atoms with Crippen molar-refractivity contribution in [1.82, 2.24) is 24.2 Å². The number of aromatic nitrogens is 4. The molecule has 254 valence electrons. The SMILES string of the molecule is CC[C@H]1O[C@@H](n2cnc3c(=O)[nH]c(NC(=O)C(C)C)nc32)[C@@H](F)C1O[P@@]1O[C@H](C[Si](C)(c2ccccc2)c2ccccc2)[C@@H]2CCCN21. The zero-order valence-electron chi connectivity index (χ0n) is 27.6. The average Bonchev–Trinajstić information content (AvgIpc) is 3.87. The van der Waals surface area contributed by atoms with Crippen molar-refractivity contribution < 1.29 is 23.0 Å². The van der Waals surface area contributed by atoms with Gasteiger partial charge in [0.1, 0.15) is 14.2 Å². The molecule has 48 heavy (non-hydrogen) atoms. The first-order valence-corrected chi connectivity index (χ1v) is 20.6. The molecule has 14 heteroatoms. The van der Waals surface area contributed by atoms with E-state index in [0.29, 0.717) is 6.42 Å². The van der Waals surface area contributed by atoms with Crippen LogP contribution in [0.3, 0.4) is 0 Å². The van der Waals surface area contributed by atoms with Crippen LogP contribution in [0.4, 0.5) is 10.3 Å². The highest BCUT2D eigenvalue weighted by molar-refractivity contribution is 7.45. The highest BCUT2D eigenvalue weighted by Crippen LogP contribution is 2.59. The predicted octanol–water partition coefficient (Wildman–Crippen LogP) is 4.73. The van der Waals surface area contributed by atoms with Crippen LogP contribution < -0.4 is 21.2 Å². The summed E-state index contributed by atoms with van der Waals surface area (Å²) < 4.78 is 40.0. The molecule has 2 N–H and O–H groups in total. The number of hydrogen-bond donors (Lipinski definition) is 2. The topological polar surface area (TPSA) is 124 Å². The lowest BCUT2D eigenvalue weighted by molar-refractivity contribution is -0.118. The van der Waals surface area contributed by atoms with Crippen molar-refractivity contribution in [1.29, 1.82) is 0 Å². The quantitative estimate of drug-likeness (QED) is 0.181. The number of ether oxygens (including phenoxy) is 1. The highest BCUT2D eigenvalue weighted by Gasteiger charge is 2.54. The monoisotopic (exact) mass is 692 g/mol. The lowest BCUT2D eigenvalue weighted by Gasteiger charge is -2.32. The molecule has 3 aliphatic rings. The lowest BCUT2D eigenvalue weighted by atomic mass is 10.1. The van der Waals surface area contributed by atoms with E-state index in [1.807, 2.05) is 6.92 Å². The van der Waals surface area contributed by atoms with Crippen molar-refractivity contribution in [3.8, 4) is 0 Å². The third-order valence-corrected chi connectivity index (χ3v) is 16.1. The summed E-state index contributed by atoms with van der Waals surface area (Å²) in [6.07, 6.45) is -0.265. The number of nitrogens with one attached hydrogen (secondary N) is 2. The fraction of sp³-hybridized carbons (Fsp3) is 0.471. The largest absolute Gasteiger partial charge is 0.349 e. The van der Waals surface area contributed by atoms with E-state index in [1.165, 1.54) is 21.3 Å². The summed E-state index contributed by atoms with van der Waals surface area (Å²) in [6, 6.07) is 22.6. The van der Waals surface area contributed by atoms with E-state index >= 15 is 4.39 Å². The number of alkyl halides is 1. The highest BCUT2D eigenvalue weighted by atomic mass is 31.2. The van der Waals surface area contributed by atoms with E-state index < -0.39 is 46.8 Å². The number of fused-ring (bicyclic) bond motifs is 2. The molecule has 7 atom stereocenters. The molecule has 5 heterocycles. The molecular formula is C34H42FN6O5PSi. The van der Waals surface area contributed by atoms with Crippen LogP contribution in [0.25, 0.3) is 11.2 Å². The molecule has 4 aromatic rings. The van der Waals surface area contributed by atoms with Gasteiger partial charge in [-0.3, -0.25) is 24.5 Å². The molecule has 1 unspecified atom stereocenters. The summed E-state index contributed by atoms with van der Waals surface area (Å²) in [5.74, 6) is -0.664. The first-order valence-electron chi connectivity index (χ1n) is 16.8.